The molecule has 1 heterocycles. The molecule has 0 aromatic rings. The third kappa shape index (κ3) is 3.50. The van der Waals surface area contributed by atoms with Crippen molar-refractivity contribution in [3.63, 3.8) is 0 Å². The van der Waals surface area contributed by atoms with Crippen molar-refractivity contribution in [3.8, 4) is 0 Å². The van der Waals surface area contributed by atoms with Gasteiger partial charge < -0.3 is 10.0 Å². The van der Waals surface area contributed by atoms with E-state index >= 15 is 0 Å². The van der Waals surface area contributed by atoms with Gasteiger partial charge in [0.15, 0.2) is 9.84 Å². The molecule has 0 spiro atoms. The molecule has 2 fully saturated rings. The van der Waals surface area contributed by atoms with Crippen molar-refractivity contribution in [2.24, 2.45) is 5.92 Å². The number of carbonyl (C=O) groups is 2. The van der Waals surface area contributed by atoms with Crippen LogP contribution in [-0.4, -0.2) is 54.4 Å². The summed E-state index contributed by atoms with van der Waals surface area (Å²) in [6.07, 6.45) is 4.27. The Hall–Kier alpha value is -1.11. The van der Waals surface area contributed by atoms with Gasteiger partial charge in [-0.2, -0.15) is 0 Å². The second-order valence-corrected chi connectivity index (χ2v) is 8.01. The summed E-state index contributed by atoms with van der Waals surface area (Å²) in [4.78, 5) is 24.5. The molecule has 20 heavy (non-hydrogen) atoms. The fourth-order valence-electron chi connectivity index (χ4n) is 3.03. The SMILES string of the molecule is O=C(O)[C@H]1CCCN(C(=O)CS(=O)(=O)C2CCCC2)C1. The molecule has 1 amide bonds. The standard InChI is InChI=1S/C13H21NO5S/c15-12(9-20(18,19)11-5-1-2-6-11)14-7-3-4-10(8-14)13(16)17/h10-11H,1-9H2,(H,16,17)/t10-/m0/s1. The highest BCUT2D eigenvalue weighted by molar-refractivity contribution is 7.92. The van der Waals surface area contributed by atoms with E-state index in [2.05, 4.69) is 0 Å². The lowest BCUT2D eigenvalue weighted by Crippen LogP contribution is -2.45. The van der Waals surface area contributed by atoms with Crippen LogP contribution in [0.3, 0.4) is 0 Å². The third-order valence-electron chi connectivity index (χ3n) is 4.26. The number of hydrogen-bond acceptors (Lipinski definition) is 4. The molecule has 1 aliphatic carbocycles. The highest BCUT2D eigenvalue weighted by atomic mass is 32.2. The van der Waals surface area contributed by atoms with Crippen LogP contribution in [0.15, 0.2) is 0 Å². The number of hydrogen-bond donors (Lipinski definition) is 1. The van der Waals surface area contributed by atoms with Gasteiger partial charge >= 0.3 is 5.97 Å². The number of aliphatic carboxylic acids is 1. The Bertz CT molecular complexity index is 481. The molecular weight excluding hydrogens is 282 g/mol. The molecule has 0 unspecified atom stereocenters. The highest BCUT2D eigenvalue weighted by Crippen LogP contribution is 2.26. The average Bonchev–Trinajstić information content (AvgIpc) is 2.93. The molecule has 114 valence electrons. The molecule has 7 heteroatoms. The number of rotatable bonds is 4. The lowest BCUT2D eigenvalue weighted by molar-refractivity contribution is -0.145. The van der Waals surface area contributed by atoms with Gasteiger partial charge in [0.05, 0.1) is 11.2 Å². The minimum atomic E-state index is -3.38. The van der Waals surface area contributed by atoms with Gasteiger partial charge in [0.2, 0.25) is 5.91 Å². The third-order valence-corrected chi connectivity index (χ3v) is 6.39. The Kier molecular flexibility index (Phi) is 4.67. The Balaban J connectivity index is 1.95. The van der Waals surface area contributed by atoms with E-state index in [1.807, 2.05) is 0 Å². The van der Waals surface area contributed by atoms with E-state index in [9.17, 15) is 18.0 Å². The predicted molar refractivity (Wildman–Crippen MR) is 73.0 cm³/mol. The van der Waals surface area contributed by atoms with Crippen LogP contribution in [0.4, 0.5) is 0 Å². The molecule has 2 rings (SSSR count). The molecule has 1 N–H and O–H groups in total. The summed E-state index contributed by atoms with van der Waals surface area (Å²) in [5.74, 6) is -2.39. The van der Waals surface area contributed by atoms with E-state index in [0.717, 1.165) is 12.8 Å². The molecule has 0 bridgehead atoms. The maximum atomic E-state index is 12.1. The van der Waals surface area contributed by atoms with Crippen molar-refractivity contribution in [2.75, 3.05) is 18.8 Å². The number of likely N-dealkylation sites (tertiary alicyclic amines) is 1. The fourth-order valence-corrected chi connectivity index (χ4v) is 4.85. The number of sulfone groups is 1. The van der Waals surface area contributed by atoms with Crippen molar-refractivity contribution in [1.82, 2.24) is 4.90 Å². The van der Waals surface area contributed by atoms with Crippen molar-refractivity contribution < 1.29 is 23.1 Å². The van der Waals surface area contributed by atoms with E-state index < -0.39 is 33.4 Å². The summed E-state index contributed by atoms with van der Waals surface area (Å²) in [5, 5.41) is 8.60. The minimum absolute atomic E-state index is 0.133. The molecule has 1 saturated carbocycles. The van der Waals surface area contributed by atoms with Gasteiger partial charge in [-0.15, -0.1) is 0 Å². The molecule has 1 atom stereocenters. The number of carboxylic acids is 1. The van der Waals surface area contributed by atoms with Crippen LogP contribution in [0.5, 0.6) is 0 Å². The fraction of sp³-hybridized carbons (Fsp3) is 0.846. The van der Waals surface area contributed by atoms with Crippen molar-refractivity contribution >= 4 is 21.7 Å². The zero-order chi connectivity index (χ0) is 14.8. The van der Waals surface area contributed by atoms with Crippen LogP contribution in [0.2, 0.25) is 0 Å². The van der Waals surface area contributed by atoms with E-state index in [-0.39, 0.29) is 11.8 Å². The number of amides is 1. The maximum Gasteiger partial charge on any atom is 0.308 e. The van der Waals surface area contributed by atoms with E-state index in [0.29, 0.717) is 32.2 Å². The second-order valence-electron chi connectivity index (χ2n) is 5.73. The molecule has 0 aromatic carbocycles. The van der Waals surface area contributed by atoms with Crippen LogP contribution in [0.1, 0.15) is 38.5 Å². The Morgan fingerprint density at radius 3 is 2.35 bits per heavy atom. The first-order valence-electron chi connectivity index (χ1n) is 7.12. The number of piperidine rings is 1. The summed E-state index contributed by atoms with van der Waals surface area (Å²) in [7, 11) is -3.38. The zero-order valence-electron chi connectivity index (χ0n) is 11.5. The summed E-state index contributed by atoms with van der Waals surface area (Å²) in [5.41, 5.74) is 0. The Morgan fingerprint density at radius 2 is 1.75 bits per heavy atom. The van der Waals surface area contributed by atoms with Crippen molar-refractivity contribution in [1.29, 1.82) is 0 Å². The minimum Gasteiger partial charge on any atom is -0.481 e. The molecule has 2 aliphatic rings. The van der Waals surface area contributed by atoms with Crippen LogP contribution in [0, 0.1) is 5.92 Å². The van der Waals surface area contributed by atoms with E-state index in [1.165, 1.54) is 4.90 Å². The Morgan fingerprint density at radius 1 is 1.10 bits per heavy atom. The first-order chi connectivity index (χ1) is 9.40. The van der Waals surface area contributed by atoms with Crippen molar-refractivity contribution in [2.45, 2.75) is 43.8 Å². The summed E-state index contributed by atoms with van der Waals surface area (Å²) in [6.45, 7) is 0.594. The van der Waals surface area contributed by atoms with Crippen molar-refractivity contribution in [3.05, 3.63) is 0 Å². The lowest BCUT2D eigenvalue weighted by Gasteiger charge is -2.31. The summed E-state index contributed by atoms with van der Waals surface area (Å²) in [6, 6.07) is 0. The van der Waals surface area contributed by atoms with Crippen LogP contribution < -0.4 is 0 Å². The highest BCUT2D eigenvalue weighted by Gasteiger charge is 2.34. The summed E-state index contributed by atoms with van der Waals surface area (Å²) < 4.78 is 24.3. The normalized spacial score (nSPS) is 24.8. The first kappa shape index (κ1) is 15.3. The van der Waals surface area contributed by atoms with Gasteiger partial charge in [-0.1, -0.05) is 12.8 Å². The number of carboxylic acid groups (broad SMARTS) is 1. The average molecular weight is 303 g/mol. The van der Waals surface area contributed by atoms with Crippen LogP contribution in [0.25, 0.3) is 0 Å². The van der Waals surface area contributed by atoms with Crippen LogP contribution >= 0.6 is 0 Å². The number of nitrogens with zero attached hydrogens (tertiary/aromatic N) is 1. The van der Waals surface area contributed by atoms with Gasteiger partial charge in [0.25, 0.3) is 0 Å². The van der Waals surface area contributed by atoms with Gasteiger partial charge in [-0.05, 0) is 25.7 Å². The molecular formula is C13H21NO5S. The first-order valence-corrected chi connectivity index (χ1v) is 8.84. The zero-order valence-corrected chi connectivity index (χ0v) is 12.3. The quantitative estimate of drug-likeness (QED) is 0.824. The molecule has 6 nitrogen and oxygen atoms in total. The lowest BCUT2D eigenvalue weighted by atomic mass is 9.98. The molecule has 1 saturated heterocycles. The maximum absolute atomic E-state index is 12.1. The summed E-state index contributed by atoms with van der Waals surface area (Å²) >= 11 is 0. The largest absolute Gasteiger partial charge is 0.481 e. The van der Waals surface area contributed by atoms with E-state index in [4.69, 9.17) is 5.11 Å². The van der Waals surface area contributed by atoms with Crippen LogP contribution in [-0.2, 0) is 19.4 Å². The van der Waals surface area contributed by atoms with Gasteiger partial charge in [0.1, 0.15) is 5.75 Å². The predicted octanol–water partition coefficient (Wildman–Crippen LogP) is 0.667. The smallest absolute Gasteiger partial charge is 0.308 e. The molecule has 0 radical (unpaired) electrons. The van der Waals surface area contributed by atoms with Gasteiger partial charge in [-0.3, -0.25) is 9.59 Å². The topological polar surface area (TPSA) is 91.8 Å². The number of carbonyl (C=O) groups excluding carboxylic acids is 1. The van der Waals surface area contributed by atoms with E-state index in [1.54, 1.807) is 0 Å². The monoisotopic (exact) mass is 303 g/mol. The van der Waals surface area contributed by atoms with Gasteiger partial charge in [0, 0.05) is 13.1 Å². The molecule has 1 aliphatic heterocycles. The van der Waals surface area contributed by atoms with Gasteiger partial charge in [-0.25, -0.2) is 8.42 Å². The Labute approximate surface area is 119 Å². The second kappa shape index (κ2) is 6.11. The molecule has 0 aromatic heterocycles.